The van der Waals surface area contributed by atoms with Gasteiger partial charge in [-0.15, -0.1) is 0 Å². The predicted octanol–water partition coefficient (Wildman–Crippen LogP) is 2.48. The first-order valence-corrected chi connectivity index (χ1v) is 8.85. The molecule has 126 valence electrons. The van der Waals surface area contributed by atoms with Gasteiger partial charge in [0.15, 0.2) is 5.96 Å². The van der Waals surface area contributed by atoms with Gasteiger partial charge in [0.2, 0.25) is 0 Å². The van der Waals surface area contributed by atoms with Gasteiger partial charge in [0.25, 0.3) is 0 Å². The topological polar surface area (TPSA) is 58.5 Å². The van der Waals surface area contributed by atoms with Crippen molar-refractivity contribution in [2.45, 2.75) is 58.2 Å². The number of ether oxygens (including phenoxy) is 1. The Morgan fingerprint density at radius 1 is 1.39 bits per heavy atom. The Labute approximate surface area is 138 Å². The van der Waals surface area contributed by atoms with Gasteiger partial charge in [-0.3, -0.25) is 4.98 Å². The summed E-state index contributed by atoms with van der Waals surface area (Å²) >= 11 is 0. The van der Waals surface area contributed by atoms with Crippen molar-refractivity contribution in [2.75, 3.05) is 13.2 Å². The number of rotatable bonds is 6. The lowest BCUT2D eigenvalue weighted by Gasteiger charge is -2.61. The fourth-order valence-electron chi connectivity index (χ4n) is 3.78. The Kier molecular flexibility index (Phi) is 5.16. The van der Waals surface area contributed by atoms with E-state index in [0.29, 0.717) is 24.1 Å². The van der Waals surface area contributed by atoms with E-state index in [-0.39, 0.29) is 0 Å². The number of pyridine rings is 1. The van der Waals surface area contributed by atoms with E-state index in [2.05, 4.69) is 29.5 Å². The highest BCUT2D eigenvalue weighted by Gasteiger charge is 2.59. The molecule has 5 heteroatoms. The maximum atomic E-state index is 5.93. The highest BCUT2D eigenvalue weighted by atomic mass is 16.5. The monoisotopic (exact) mass is 316 g/mol. The van der Waals surface area contributed by atoms with E-state index >= 15 is 0 Å². The molecule has 3 rings (SSSR count). The van der Waals surface area contributed by atoms with E-state index in [1.807, 2.05) is 24.4 Å². The predicted molar refractivity (Wildman–Crippen MR) is 92.3 cm³/mol. The Morgan fingerprint density at radius 2 is 2.26 bits per heavy atom. The van der Waals surface area contributed by atoms with Gasteiger partial charge in [-0.2, -0.15) is 0 Å². The van der Waals surface area contributed by atoms with Gasteiger partial charge in [-0.25, -0.2) is 4.99 Å². The van der Waals surface area contributed by atoms with Crippen LogP contribution in [0.3, 0.4) is 0 Å². The molecular formula is C18H28N4O. The second-order valence-electron chi connectivity index (χ2n) is 6.48. The lowest BCUT2D eigenvalue weighted by molar-refractivity contribution is -0.168. The molecule has 0 saturated heterocycles. The molecule has 2 unspecified atom stereocenters. The summed E-state index contributed by atoms with van der Waals surface area (Å²) in [5.74, 6) is 0.893. The van der Waals surface area contributed by atoms with Gasteiger partial charge in [0, 0.05) is 30.8 Å². The Morgan fingerprint density at radius 3 is 2.87 bits per heavy atom. The van der Waals surface area contributed by atoms with Crippen molar-refractivity contribution >= 4 is 5.96 Å². The zero-order valence-electron chi connectivity index (χ0n) is 14.2. The number of nitrogens with one attached hydrogen (secondary N) is 2. The normalized spacial score (nSPS) is 25.6. The maximum Gasteiger partial charge on any atom is 0.191 e. The third-order valence-corrected chi connectivity index (χ3v) is 5.22. The molecule has 0 amide bonds. The molecule has 0 aliphatic heterocycles. The first kappa shape index (κ1) is 16.2. The Balaban J connectivity index is 1.61. The summed E-state index contributed by atoms with van der Waals surface area (Å²) in [5, 5.41) is 6.99. The first-order chi connectivity index (χ1) is 11.3. The van der Waals surface area contributed by atoms with Gasteiger partial charge < -0.3 is 15.4 Å². The Hall–Kier alpha value is -1.62. The molecule has 2 N–H and O–H groups in total. The van der Waals surface area contributed by atoms with Gasteiger partial charge >= 0.3 is 0 Å². The summed E-state index contributed by atoms with van der Waals surface area (Å²) in [6.45, 7) is 6.47. The van der Waals surface area contributed by atoms with Crippen LogP contribution in [-0.2, 0) is 11.3 Å². The molecule has 0 aromatic carbocycles. The fraction of sp³-hybridized carbons (Fsp3) is 0.667. The van der Waals surface area contributed by atoms with Gasteiger partial charge in [0.05, 0.1) is 18.3 Å². The maximum absolute atomic E-state index is 5.93. The van der Waals surface area contributed by atoms with Gasteiger partial charge in [-0.05, 0) is 45.2 Å². The van der Waals surface area contributed by atoms with Crippen LogP contribution in [-0.4, -0.2) is 36.2 Å². The quantitative estimate of drug-likeness (QED) is 0.625. The SMILES string of the molecule is CCNC(=NCc1ccccn1)NC1CC(OCC)C12CCC2. The summed E-state index contributed by atoms with van der Waals surface area (Å²) in [5.41, 5.74) is 1.33. The van der Waals surface area contributed by atoms with Gasteiger partial charge in [-0.1, -0.05) is 12.5 Å². The van der Waals surface area contributed by atoms with E-state index in [1.54, 1.807) is 0 Å². The van der Waals surface area contributed by atoms with Crippen LogP contribution >= 0.6 is 0 Å². The third kappa shape index (κ3) is 3.34. The summed E-state index contributed by atoms with van der Waals surface area (Å²) in [6, 6.07) is 6.42. The zero-order chi connectivity index (χ0) is 16.1. The van der Waals surface area contributed by atoms with Crippen LogP contribution in [0.2, 0.25) is 0 Å². The molecule has 1 spiro atoms. The summed E-state index contributed by atoms with van der Waals surface area (Å²) in [7, 11) is 0. The van der Waals surface area contributed by atoms with Crippen molar-refractivity contribution in [3.8, 4) is 0 Å². The molecule has 2 aliphatic carbocycles. The second-order valence-corrected chi connectivity index (χ2v) is 6.48. The van der Waals surface area contributed by atoms with Crippen molar-refractivity contribution in [2.24, 2.45) is 10.4 Å². The van der Waals surface area contributed by atoms with Crippen molar-refractivity contribution < 1.29 is 4.74 Å². The number of aromatic nitrogens is 1. The van der Waals surface area contributed by atoms with E-state index in [9.17, 15) is 0 Å². The first-order valence-electron chi connectivity index (χ1n) is 8.85. The molecule has 2 aliphatic rings. The molecule has 0 bridgehead atoms. The average Bonchev–Trinajstić information content (AvgIpc) is 2.51. The summed E-state index contributed by atoms with van der Waals surface area (Å²) < 4.78 is 5.93. The standard InChI is InChI=1S/C18H28N4O/c1-3-19-17(21-13-14-8-5-6-11-20-14)22-15-12-16(23-4-2)18(15)9-7-10-18/h5-6,8,11,15-16H,3-4,7,9-10,12-13H2,1-2H3,(H2,19,21,22). The largest absolute Gasteiger partial charge is 0.378 e. The minimum Gasteiger partial charge on any atom is -0.378 e. The van der Waals surface area contributed by atoms with Crippen molar-refractivity contribution in [3.05, 3.63) is 30.1 Å². The van der Waals surface area contributed by atoms with E-state index in [0.717, 1.165) is 31.2 Å². The lowest BCUT2D eigenvalue weighted by Crippen LogP contribution is -2.68. The van der Waals surface area contributed by atoms with Crippen LogP contribution in [0.5, 0.6) is 0 Å². The van der Waals surface area contributed by atoms with E-state index in [4.69, 9.17) is 9.73 Å². The highest BCUT2D eigenvalue weighted by molar-refractivity contribution is 5.80. The minimum absolute atomic E-state index is 0.344. The second kappa shape index (κ2) is 7.30. The molecule has 2 atom stereocenters. The minimum atomic E-state index is 0.344. The van der Waals surface area contributed by atoms with Gasteiger partial charge in [0.1, 0.15) is 0 Å². The Bertz CT molecular complexity index is 527. The zero-order valence-corrected chi connectivity index (χ0v) is 14.2. The molecule has 1 heterocycles. The number of hydrogen-bond donors (Lipinski definition) is 2. The van der Waals surface area contributed by atoms with Crippen LogP contribution in [0, 0.1) is 5.41 Å². The van der Waals surface area contributed by atoms with Crippen LogP contribution in [0.15, 0.2) is 29.4 Å². The summed E-state index contributed by atoms with van der Waals surface area (Å²) in [6.07, 6.45) is 7.19. The van der Waals surface area contributed by atoms with Crippen molar-refractivity contribution in [1.82, 2.24) is 15.6 Å². The average molecular weight is 316 g/mol. The van der Waals surface area contributed by atoms with Crippen molar-refractivity contribution in [3.63, 3.8) is 0 Å². The highest BCUT2D eigenvalue weighted by Crippen LogP contribution is 2.57. The molecule has 0 radical (unpaired) electrons. The molecular weight excluding hydrogens is 288 g/mol. The van der Waals surface area contributed by atoms with Crippen LogP contribution in [0.4, 0.5) is 0 Å². The van der Waals surface area contributed by atoms with E-state index in [1.165, 1.54) is 19.3 Å². The number of hydrogen-bond acceptors (Lipinski definition) is 3. The fourth-order valence-corrected chi connectivity index (χ4v) is 3.78. The number of aliphatic imine (C=N–C) groups is 1. The van der Waals surface area contributed by atoms with Crippen LogP contribution in [0.1, 0.15) is 45.2 Å². The smallest absolute Gasteiger partial charge is 0.191 e. The molecule has 2 fully saturated rings. The van der Waals surface area contributed by atoms with Crippen molar-refractivity contribution in [1.29, 1.82) is 0 Å². The molecule has 5 nitrogen and oxygen atoms in total. The molecule has 23 heavy (non-hydrogen) atoms. The molecule has 2 saturated carbocycles. The summed E-state index contributed by atoms with van der Waals surface area (Å²) in [4.78, 5) is 9.03. The van der Waals surface area contributed by atoms with E-state index < -0.39 is 0 Å². The van der Waals surface area contributed by atoms with Crippen LogP contribution < -0.4 is 10.6 Å². The number of guanidine groups is 1. The molecule has 1 aromatic rings. The third-order valence-electron chi connectivity index (χ3n) is 5.22. The molecule has 1 aromatic heterocycles. The van der Waals surface area contributed by atoms with Crippen LogP contribution in [0.25, 0.3) is 0 Å². The lowest BCUT2D eigenvalue weighted by atomic mass is 9.51. The number of nitrogens with zero attached hydrogens (tertiary/aromatic N) is 2.